The summed E-state index contributed by atoms with van der Waals surface area (Å²) in [7, 11) is 1.52. The van der Waals surface area contributed by atoms with E-state index < -0.39 is 0 Å². The quantitative estimate of drug-likeness (QED) is 0.859. The van der Waals surface area contributed by atoms with Crippen LogP contribution in [0.1, 0.15) is 6.42 Å². The van der Waals surface area contributed by atoms with Gasteiger partial charge in [0.25, 0.3) is 5.91 Å². The fourth-order valence-electron chi connectivity index (χ4n) is 2.83. The van der Waals surface area contributed by atoms with E-state index in [1.807, 2.05) is 0 Å². The summed E-state index contributed by atoms with van der Waals surface area (Å²) in [6.07, 6.45) is 0.192. The van der Waals surface area contributed by atoms with Crippen molar-refractivity contribution >= 4 is 17.5 Å². The van der Waals surface area contributed by atoms with E-state index in [9.17, 15) is 14.0 Å². The molecule has 0 unspecified atom stereocenters. The highest BCUT2D eigenvalue weighted by Gasteiger charge is 2.31. The number of methoxy groups -OCH3 is 1. The first-order valence-electron chi connectivity index (χ1n) is 8.18. The van der Waals surface area contributed by atoms with Crippen molar-refractivity contribution in [3.05, 3.63) is 54.3 Å². The molecule has 0 bridgehead atoms. The summed E-state index contributed by atoms with van der Waals surface area (Å²) >= 11 is 0. The van der Waals surface area contributed by atoms with Crippen molar-refractivity contribution in [3.8, 4) is 11.5 Å². The second-order valence-electron chi connectivity index (χ2n) is 5.89. The van der Waals surface area contributed by atoms with Gasteiger partial charge in [-0.15, -0.1) is 0 Å². The Hall–Kier alpha value is -3.09. The lowest BCUT2D eigenvalue weighted by atomic mass is 10.2. The molecule has 1 heterocycles. The zero-order chi connectivity index (χ0) is 18.5. The topological polar surface area (TPSA) is 67.9 Å². The van der Waals surface area contributed by atoms with Gasteiger partial charge >= 0.3 is 0 Å². The van der Waals surface area contributed by atoms with E-state index in [0.29, 0.717) is 23.7 Å². The molecule has 2 amide bonds. The van der Waals surface area contributed by atoms with E-state index >= 15 is 0 Å². The Kier molecular flexibility index (Phi) is 5.36. The van der Waals surface area contributed by atoms with Crippen LogP contribution in [0.5, 0.6) is 11.5 Å². The fraction of sp³-hybridized carbons (Fsp3) is 0.263. The van der Waals surface area contributed by atoms with Crippen LogP contribution >= 0.6 is 0 Å². The van der Waals surface area contributed by atoms with Gasteiger partial charge in [-0.1, -0.05) is 12.1 Å². The minimum absolute atomic E-state index is 0.118. The molecule has 1 N–H and O–H groups in total. The van der Waals surface area contributed by atoms with Crippen molar-refractivity contribution in [2.24, 2.45) is 0 Å². The van der Waals surface area contributed by atoms with E-state index in [1.165, 1.54) is 24.1 Å². The molecule has 1 aliphatic heterocycles. The van der Waals surface area contributed by atoms with Crippen LogP contribution in [-0.4, -0.2) is 38.1 Å². The Labute approximate surface area is 150 Å². The maximum atomic E-state index is 13.0. The van der Waals surface area contributed by atoms with E-state index in [1.54, 1.807) is 36.4 Å². The first kappa shape index (κ1) is 17.7. The molecule has 3 rings (SSSR count). The number of nitrogens with zero attached hydrogens (tertiary/aromatic N) is 1. The lowest BCUT2D eigenvalue weighted by Crippen LogP contribution is -2.39. The number of para-hydroxylation sites is 2. The molecular formula is C19H19FN2O4. The van der Waals surface area contributed by atoms with Crippen LogP contribution in [-0.2, 0) is 9.59 Å². The Morgan fingerprint density at radius 2 is 1.88 bits per heavy atom. The van der Waals surface area contributed by atoms with Gasteiger partial charge in [-0.05, 0) is 36.4 Å². The number of benzene rings is 2. The summed E-state index contributed by atoms with van der Waals surface area (Å²) in [6.45, 7) is 0.159. The van der Waals surface area contributed by atoms with E-state index in [2.05, 4.69) is 5.32 Å². The van der Waals surface area contributed by atoms with Crippen molar-refractivity contribution in [1.82, 2.24) is 5.32 Å². The van der Waals surface area contributed by atoms with E-state index in [0.717, 1.165) is 0 Å². The van der Waals surface area contributed by atoms with Crippen LogP contribution in [0.15, 0.2) is 48.5 Å². The number of hydrogen-bond donors (Lipinski definition) is 1. The molecule has 26 heavy (non-hydrogen) atoms. The number of ether oxygens (including phenoxy) is 2. The highest BCUT2D eigenvalue weighted by Crippen LogP contribution is 2.25. The standard InChI is InChI=1S/C19H19FN2O4/c1-25-16-4-2-3-5-17(16)26-12-18(23)21-14-10-19(24)22(11-14)15-8-6-13(20)7-9-15/h2-9,14H,10-12H2,1H3,(H,21,23)/t14-/m1/s1. The molecule has 0 aromatic heterocycles. The maximum Gasteiger partial charge on any atom is 0.258 e. The van der Waals surface area contributed by atoms with Gasteiger partial charge in [0.2, 0.25) is 5.91 Å². The van der Waals surface area contributed by atoms with Crippen molar-refractivity contribution in [2.75, 3.05) is 25.2 Å². The molecule has 2 aromatic carbocycles. The van der Waals surface area contributed by atoms with Crippen molar-refractivity contribution in [1.29, 1.82) is 0 Å². The average Bonchev–Trinajstić information content (AvgIpc) is 3.01. The SMILES string of the molecule is COc1ccccc1OCC(=O)N[C@@H]1CC(=O)N(c2ccc(F)cc2)C1. The molecule has 6 nitrogen and oxygen atoms in total. The van der Waals surface area contributed by atoms with Crippen LogP contribution in [0.4, 0.5) is 10.1 Å². The number of amides is 2. The third-order valence-electron chi connectivity index (χ3n) is 4.06. The fourth-order valence-corrected chi connectivity index (χ4v) is 2.83. The summed E-state index contributed by atoms with van der Waals surface area (Å²) in [4.78, 5) is 25.8. The molecule has 0 aliphatic carbocycles. The van der Waals surface area contributed by atoms with Crippen LogP contribution in [0.25, 0.3) is 0 Å². The number of hydrogen-bond acceptors (Lipinski definition) is 4. The summed E-state index contributed by atoms with van der Waals surface area (Å²) in [5, 5.41) is 2.79. The summed E-state index contributed by atoms with van der Waals surface area (Å²) in [5.41, 5.74) is 0.610. The molecule has 1 atom stereocenters. The number of anilines is 1. The highest BCUT2D eigenvalue weighted by atomic mass is 19.1. The lowest BCUT2D eigenvalue weighted by molar-refractivity contribution is -0.123. The van der Waals surface area contributed by atoms with Crippen LogP contribution < -0.4 is 19.7 Å². The molecule has 1 saturated heterocycles. The predicted molar refractivity (Wildman–Crippen MR) is 93.8 cm³/mol. The number of carbonyl (C=O) groups excluding carboxylic acids is 2. The first-order chi connectivity index (χ1) is 12.6. The van der Waals surface area contributed by atoms with Crippen molar-refractivity contribution < 1.29 is 23.5 Å². The minimum Gasteiger partial charge on any atom is -0.493 e. The number of carbonyl (C=O) groups is 2. The molecule has 0 spiro atoms. The molecule has 1 fully saturated rings. The van der Waals surface area contributed by atoms with Gasteiger partial charge in [0.1, 0.15) is 5.82 Å². The van der Waals surface area contributed by atoms with Crippen LogP contribution in [0.3, 0.4) is 0 Å². The molecule has 1 aliphatic rings. The normalized spacial score (nSPS) is 16.5. The van der Waals surface area contributed by atoms with Gasteiger partial charge in [-0.2, -0.15) is 0 Å². The summed E-state index contributed by atoms with van der Waals surface area (Å²) in [5.74, 6) is 0.209. The maximum absolute atomic E-state index is 13.0. The average molecular weight is 358 g/mol. The summed E-state index contributed by atoms with van der Waals surface area (Å²) in [6, 6.07) is 12.4. The lowest BCUT2D eigenvalue weighted by Gasteiger charge is -2.17. The van der Waals surface area contributed by atoms with Crippen LogP contribution in [0, 0.1) is 5.82 Å². The van der Waals surface area contributed by atoms with Crippen molar-refractivity contribution in [2.45, 2.75) is 12.5 Å². The molecule has 0 radical (unpaired) electrons. The Morgan fingerprint density at radius 1 is 1.19 bits per heavy atom. The van der Waals surface area contributed by atoms with Gasteiger partial charge in [0.05, 0.1) is 13.2 Å². The molecule has 7 heteroatoms. The zero-order valence-electron chi connectivity index (χ0n) is 14.3. The van der Waals surface area contributed by atoms with Crippen molar-refractivity contribution in [3.63, 3.8) is 0 Å². The summed E-state index contributed by atoms with van der Waals surface area (Å²) < 4.78 is 23.7. The Bertz CT molecular complexity index is 794. The van der Waals surface area contributed by atoms with Gasteiger partial charge in [-0.25, -0.2) is 4.39 Å². The first-order valence-corrected chi connectivity index (χ1v) is 8.18. The third-order valence-corrected chi connectivity index (χ3v) is 4.06. The largest absolute Gasteiger partial charge is 0.493 e. The molecular weight excluding hydrogens is 339 g/mol. The molecule has 136 valence electrons. The molecule has 0 saturated carbocycles. The van der Waals surface area contributed by atoms with E-state index in [4.69, 9.17) is 9.47 Å². The second kappa shape index (κ2) is 7.86. The smallest absolute Gasteiger partial charge is 0.258 e. The van der Waals surface area contributed by atoms with E-state index in [-0.39, 0.29) is 36.7 Å². The Balaban J connectivity index is 1.53. The number of nitrogens with one attached hydrogen (secondary N) is 1. The molecule has 2 aromatic rings. The van der Waals surface area contributed by atoms with Gasteiger partial charge in [-0.3, -0.25) is 9.59 Å². The third kappa shape index (κ3) is 4.11. The predicted octanol–water partition coefficient (Wildman–Crippen LogP) is 2.13. The van der Waals surface area contributed by atoms with Gasteiger partial charge in [0, 0.05) is 18.7 Å². The van der Waals surface area contributed by atoms with Gasteiger partial charge < -0.3 is 19.7 Å². The minimum atomic E-state index is -0.362. The second-order valence-corrected chi connectivity index (χ2v) is 5.89. The Morgan fingerprint density at radius 3 is 2.58 bits per heavy atom. The number of halogens is 1. The highest BCUT2D eigenvalue weighted by molar-refractivity contribution is 5.96. The number of rotatable bonds is 6. The zero-order valence-corrected chi connectivity index (χ0v) is 14.3. The monoisotopic (exact) mass is 358 g/mol. The van der Waals surface area contributed by atoms with Crippen LogP contribution in [0.2, 0.25) is 0 Å². The van der Waals surface area contributed by atoms with Gasteiger partial charge in [0.15, 0.2) is 18.1 Å².